The van der Waals surface area contributed by atoms with Crippen LogP contribution >= 0.6 is 11.3 Å². The van der Waals surface area contributed by atoms with Gasteiger partial charge in [-0.15, -0.1) is 0 Å². The molecule has 1 aromatic heterocycles. The van der Waals surface area contributed by atoms with Crippen molar-refractivity contribution in [2.24, 2.45) is 17.1 Å². The van der Waals surface area contributed by atoms with Crippen molar-refractivity contribution in [2.45, 2.75) is 39.2 Å². The van der Waals surface area contributed by atoms with Crippen molar-refractivity contribution in [3.8, 4) is 0 Å². The number of aromatic nitrogens is 1. The highest BCUT2D eigenvalue weighted by Crippen LogP contribution is 2.33. The molecule has 140 valence electrons. The molecule has 2 N–H and O–H groups in total. The van der Waals surface area contributed by atoms with Crippen molar-refractivity contribution < 1.29 is 4.79 Å². The third-order valence-corrected chi connectivity index (χ3v) is 7.12. The number of para-hydroxylation sites is 1. The molecule has 0 radical (unpaired) electrons. The van der Waals surface area contributed by atoms with Crippen LogP contribution < -0.4 is 10.6 Å². The van der Waals surface area contributed by atoms with Gasteiger partial charge in [-0.2, -0.15) is 0 Å². The van der Waals surface area contributed by atoms with E-state index in [4.69, 9.17) is 10.7 Å². The van der Waals surface area contributed by atoms with Crippen molar-refractivity contribution in [2.75, 3.05) is 31.1 Å². The van der Waals surface area contributed by atoms with Crippen LogP contribution in [0.25, 0.3) is 10.2 Å². The van der Waals surface area contributed by atoms with E-state index in [-0.39, 0.29) is 17.4 Å². The highest BCUT2D eigenvalue weighted by atomic mass is 32.1. The molecule has 0 aliphatic carbocycles. The Labute approximate surface area is 159 Å². The van der Waals surface area contributed by atoms with Crippen molar-refractivity contribution >= 4 is 32.6 Å². The van der Waals surface area contributed by atoms with E-state index in [0.717, 1.165) is 56.1 Å². The first-order chi connectivity index (χ1) is 12.4. The number of nitrogens with two attached hydrogens (primary N) is 1. The molecule has 3 heterocycles. The second-order valence-corrected chi connectivity index (χ2v) is 9.38. The number of hydrogen-bond acceptors (Lipinski definition) is 5. The van der Waals surface area contributed by atoms with E-state index in [9.17, 15) is 4.79 Å². The molecule has 0 saturated carbocycles. The third kappa shape index (κ3) is 3.32. The topological polar surface area (TPSA) is 62.5 Å². The lowest BCUT2D eigenvalue weighted by atomic mass is 9.79. The maximum Gasteiger partial charge on any atom is 0.225 e. The maximum absolute atomic E-state index is 13.0. The molecule has 2 aliphatic rings. The predicted octanol–water partition coefficient (Wildman–Crippen LogP) is 3.10. The quantitative estimate of drug-likeness (QED) is 0.880. The Hall–Kier alpha value is -1.66. The zero-order chi connectivity index (χ0) is 18.3. The largest absolute Gasteiger partial charge is 0.348 e. The van der Waals surface area contributed by atoms with Crippen molar-refractivity contribution in [1.82, 2.24) is 9.88 Å². The molecule has 1 unspecified atom stereocenters. The van der Waals surface area contributed by atoms with Crippen LogP contribution in [0.4, 0.5) is 5.13 Å². The number of amides is 1. The zero-order valence-electron chi connectivity index (χ0n) is 15.6. The molecule has 1 aromatic carbocycles. The van der Waals surface area contributed by atoms with Gasteiger partial charge in [0, 0.05) is 38.1 Å². The zero-order valence-corrected chi connectivity index (χ0v) is 16.5. The molecule has 26 heavy (non-hydrogen) atoms. The highest BCUT2D eigenvalue weighted by Gasteiger charge is 2.38. The molecular weight excluding hydrogens is 344 g/mol. The highest BCUT2D eigenvalue weighted by molar-refractivity contribution is 7.22. The SMILES string of the molecule is CC1(C)CN(C(=O)C2CCN(c3nc4ccccc4s3)CC2)CCC1N. The summed E-state index contributed by atoms with van der Waals surface area (Å²) < 4.78 is 1.23. The molecule has 5 nitrogen and oxygen atoms in total. The Kier molecular flexibility index (Phi) is 4.65. The van der Waals surface area contributed by atoms with Crippen LogP contribution in [-0.2, 0) is 4.79 Å². The van der Waals surface area contributed by atoms with Gasteiger partial charge < -0.3 is 15.5 Å². The van der Waals surface area contributed by atoms with Gasteiger partial charge in [-0.1, -0.05) is 37.3 Å². The van der Waals surface area contributed by atoms with Gasteiger partial charge in [0.2, 0.25) is 5.91 Å². The fourth-order valence-corrected chi connectivity index (χ4v) is 5.15. The summed E-state index contributed by atoms with van der Waals surface area (Å²) >= 11 is 1.75. The van der Waals surface area contributed by atoms with Crippen molar-refractivity contribution in [3.63, 3.8) is 0 Å². The Morgan fingerprint density at radius 1 is 1.19 bits per heavy atom. The second-order valence-electron chi connectivity index (χ2n) is 8.37. The second kappa shape index (κ2) is 6.82. The minimum absolute atomic E-state index is 0.00953. The smallest absolute Gasteiger partial charge is 0.225 e. The van der Waals surface area contributed by atoms with Crippen LogP contribution in [0.2, 0.25) is 0 Å². The summed E-state index contributed by atoms with van der Waals surface area (Å²) in [6.07, 6.45) is 2.73. The summed E-state index contributed by atoms with van der Waals surface area (Å²) in [7, 11) is 0. The van der Waals surface area contributed by atoms with Crippen LogP contribution in [-0.4, -0.2) is 48.0 Å². The van der Waals surface area contributed by atoms with Gasteiger partial charge in [-0.25, -0.2) is 4.98 Å². The van der Waals surface area contributed by atoms with Crippen LogP contribution in [0.3, 0.4) is 0 Å². The van der Waals surface area contributed by atoms with Gasteiger partial charge in [0.1, 0.15) is 0 Å². The molecule has 6 heteroatoms. The molecule has 2 aromatic rings. The summed E-state index contributed by atoms with van der Waals surface area (Å²) in [4.78, 5) is 22.1. The number of benzene rings is 1. The Balaban J connectivity index is 1.38. The Bertz CT molecular complexity index is 761. The number of carbonyl (C=O) groups is 1. The molecule has 1 amide bonds. The van der Waals surface area contributed by atoms with E-state index in [1.54, 1.807) is 11.3 Å². The van der Waals surface area contributed by atoms with E-state index >= 15 is 0 Å². The number of hydrogen-bond donors (Lipinski definition) is 1. The monoisotopic (exact) mass is 372 g/mol. The van der Waals surface area contributed by atoms with Gasteiger partial charge in [0.15, 0.2) is 5.13 Å². The minimum Gasteiger partial charge on any atom is -0.348 e. The lowest BCUT2D eigenvalue weighted by Gasteiger charge is -2.44. The van der Waals surface area contributed by atoms with Crippen LogP contribution in [0.1, 0.15) is 33.1 Å². The van der Waals surface area contributed by atoms with Crippen molar-refractivity contribution in [3.05, 3.63) is 24.3 Å². The van der Waals surface area contributed by atoms with E-state index in [1.165, 1.54) is 4.70 Å². The van der Waals surface area contributed by atoms with E-state index < -0.39 is 0 Å². The number of carbonyl (C=O) groups excluding carboxylic acids is 1. The average molecular weight is 373 g/mol. The lowest BCUT2D eigenvalue weighted by Crippen LogP contribution is -2.55. The summed E-state index contributed by atoms with van der Waals surface area (Å²) in [6.45, 7) is 7.76. The number of rotatable bonds is 2. The van der Waals surface area contributed by atoms with Crippen LogP contribution in [0, 0.1) is 11.3 Å². The average Bonchev–Trinajstić information content (AvgIpc) is 3.07. The molecule has 0 spiro atoms. The molecule has 2 aliphatic heterocycles. The Morgan fingerprint density at radius 3 is 2.62 bits per heavy atom. The molecule has 2 fully saturated rings. The molecule has 0 bridgehead atoms. The molecule has 2 saturated heterocycles. The molecule has 4 rings (SSSR count). The number of piperidine rings is 2. The first kappa shape index (κ1) is 17.7. The summed E-state index contributed by atoms with van der Waals surface area (Å²) in [5.41, 5.74) is 7.29. The minimum atomic E-state index is 0.00953. The first-order valence-electron chi connectivity index (χ1n) is 9.59. The summed E-state index contributed by atoms with van der Waals surface area (Å²) in [5, 5.41) is 1.09. The Morgan fingerprint density at radius 2 is 1.92 bits per heavy atom. The van der Waals surface area contributed by atoms with E-state index in [2.05, 4.69) is 41.8 Å². The number of anilines is 1. The summed E-state index contributed by atoms with van der Waals surface area (Å²) in [5.74, 6) is 0.472. The van der Waals surface area contributed by atoms with Gasteiger partial charge >= 0.3 is 0 Å². The van der Waals surface area contributed by atoms with Crippen molar-refractivity contribution in [1.29, 1.82) is 0 Å². The standard InChI is InChI=1S/C20H28N4OS/c1-20(2)13-24(12-9-17(20)21)18(25)14-7-10-23(11-8-14)19-22-15-5-3-4-6-16(15)26-19/h3-6,14,17H,7-13,21H2,1-2H3. The van der Waals surface area contributed by atoms with Crippen LogP contribution in [0.5, 0.6) is 0 Å². The molecule has 1 atom stereocenters. The van der Waals surface area contributed by atoms with E-state index in [1.807, 2.05) is 6.07 Å². The van der Waals surface area contributed by atoms with Crippen LogP contribution in [0.15, 0.2) is 24.3 Å². The fourth-order valence-electron chi connectivity index (χ4n) is 4.13. The number of nitrogens with zero attached hydrogens (tertiary/aromatic N) is 3. The summed E-state index contributed by atoms with van der Waals surface area (Å²) in [6, 6.07) is 8.46. The number of thiazole rings is 1. The maximum atomic E-state index is 13.0. The number of fused-ring (bicyclic) bond motifs is 1. The first-order valence-corrected chi connectivity index (χ1v) is 10.4. The fraction of sp³-hybridized carbons (Fsp3) is 0.600. The third-order valence-electron chi connectivity index (χ3n) is 6.02. The van der Waals surface area contributed by atoms with Gasteiger partial charge in [-0.05, 0) is 36.8 Å². The number of likely N-dealkylation sites (tertiary alicyclic amines) is 1. The van der Waals surface area contributed by atoms with Gasteiger partial charge in [0.05, 0.1) is 10.2 Å². The predicted molar refractivity (Wildman–Crippen MR) is 108 cm³/mol. The van der Waals surface area contributed by atoms with Gasteiger partial charge in [0.25, 0.3) is 0 Å². The van der Waals surface area contributed by atoms with E-state index in [0.29, 0.717) is 5.91 Å². The normalized spacial score (nSPS) is 24.2. The lowest BCUT2D eigenvalue weighted by molar-refractivity contribution is -0.139. The molecular formula is C20H28N4OS. The van der Waals surface area contributed by atoms with Gasteiger partial charge in [-0.3, -0.25) is 4.79 Å².